The minimum Gasteiger partial charge on any atom is -0.368 e. The van der Waals surface area contributed by atoms with Gasteiger partial charge in [0, 0.05) is 42.6 Å². The Labute approximate surface area is 172 Å². The highest BCUT2D eigenvalue weighted by molar-refractivity contribution is 5.89. The number of fused-ring (bicyclic) bond motifs is 2. The Balaban J connectivity index is 1.48. The van der Waals surface area contributed by atoms with Crippen LogP contribution in [0.5, 0.6) is 0 Å². The van der Waals surface area contributed by atoms with E-state index in [1.807, 2.05) is 48.5 Å². The van der Waals surface area contributed by atoms with Gasteiger partial charge in [-0.15, -0.1) is 0 Å². The zero-order valence-electron chi connectivity index (χ0n) is 16.4. The zero-order valence-corrected chi connectivity index (χ0v) is 16.4. The average Bonchev–Trinajstić information content (AvgIpc) is 3.16. The molecule has 1 aliphatic rings. The number of nitrogens with two attached hydrogens (primary N) is 1. The minimum absolute atomic E-state index is 0.120. The molecule has 5 rings (SSSR count). The fourth-order valence-corrected chi connectivity index (χ4v) is 4.22. The first-order valence-electron chi connectivity index (χ1n) is 10.1. The van der Waals surface area contributed by atoms with E-state index in [9.17, 15) is 9.59 Å². The largest absolute Gasteiger partial charge is 0.368 e. The van der Waals surface area contributed by atoms with E-state index in [0.717, 1.165) is 46.2 Å². The standard InChI is InChI=1S/C23H23N5O2/c24-22(29)21-12-25-7-8-28(21)13-14-5-6-19-16(9-14)11-20(26-19)17-10-15-3-1-2-4-18(15)27-23(17)30/h1-6,9-11,21,25-26H,7-8,12-13H2,(H2,24,29)(H,27,30). The fourth-order valence-electron chi connectivity index (χ4n) is 4.22. The fraction of sp³-hybridized carbons (Fsp3) is 0.217. The van der Waals surface area contributed by atoms with Gasteiger partial charge in [0.15, 0.2) is 0 Å². The van der Waals surface area contributed by atoms with Crippen molar-refractivity contribution in [2.24, 2.45) is 5.73 Å². The molecule has 4 aromatic rings. The molecule has 30 heavy (non-hydrogen) atoms. The van der Waals surface area contributed by atoms with Crippen molar-refractivity contribution in [2.75, 3.05) is 19.6 Å². The summed E-state index contributed by atoms with van der Waals surface area (Å²) in [5, 5.41) is 5.24. The van der Waals surface area contributed by atoms with Crippen molar-refractivity contribution < 1.29 is 4.79 Å². The number of nitrogens with zero attached hydrogens (tertiary/aromatic N) is 1. The maximum atomic E-state index is 12.6. The van der Waals surface area contributed by atoms with Crippen LogP contribution in [0.25, 0.3) is 33.1 Å². The molecule has 7 nitrogen and oxygen atoms in total. The summed E-state index contributed by atoms with van der Waals surface area (Å²) >= 11 is 0. The number of carbonyl (C=O) groups excluding carboxylic acids is 1. The lowest BCUT2D eigenvalue weighted by atomic mass is 10.1. The monoisotopic (exact) mass is 401 g/mol. The summed E-state index contributed by atoms with van der Waals surface area (Å²) in [4.78, 5) is 32.8. The Kier molecular flexibility index (Phi) is 4.61. The van der Waals surface area contributed by atoms with Crippen molar-refractivity contribution in [2.45, 2.75) is 12.6 Å². The quantitative estimate of drug-likeness (QED) is 0.419. The molecule has 0 radical (unpaired) electrons. The lowest BCUT2D eigenvalue weighted by Crippen LogP contribution is -2.56. The van der Waals surface area contributed by atoms with E-state index in [1.165, 1.54) is 0 Å². The normalized spacial score (nSPS) is 17.5. The summed E-state index contributed by atoms with van der Waals surface area (Å²) < 4.78 is 0. The van der Waals surface area contributed by atoms with Crippen molar-refractivity contribution in [1.29, 1.82) is 0 Å². The number of aromatic amines is 2. The number of benzene rings is 2. The van der Waals surface area contributed by atoms with Crippen LogP contribution in [0, 0.1) is 0 Å². The Hall–Kier alpha value is -3.42. The molecule has 3 heterocycles. The van der Waals surface area contributed by atoms with Crippen LogP contribution in [0.2, 0.25) is 0 Å². The van der Waals surface area contributed by atoms with Crippen molar-refractivity contribution >= 4 is 27.7 Å². The van der Waals surface area contributed by atoms with Gasteiger partial charge in [0.05, 0.1) is 11.3 Å². The van der Waals surface area contributed by atoms with Gasteiger partial charge in [-0.25, -0.2) is 0 Å². The molecular weight excluding hydrogens is 378 g/mol. The second-order valence-electron chi connectivity index (χ2n) is 7.80. The van der Waals surface area contributed by atoms with Gasteiger partial charge in [-0.1, -0.05) is 24.3 Å². The van der Waals surface area contributed by atoms with E-state index in [4.69, 9.17) is 5.73 Å². The predicted molar refractivity (Wildman–Crippen MR) is 118 cm³/mol. The highest BCUT2D eigenvalue weighted by Crippen LogP contribution is 2.25. The number of rotatable bonds is 4. The van der Waals surface area contributed by atoms with E-state index in [-0.39, 0.29) is 17.5 Å². The van der Waals surface area contributed by atoms with Crippen LogP contribution in [0.1, 0.15) is 5.56 Å². The van der Waals surface area contributed by atoms with Crippen LogP contribution in [-0.4, -0.2) is 46.5 Å². The molecule has 0 aliphatic carbocycles. The molecule has 1 atom stereocenters. The van der Waals surface area contributed by atoms with E-state index < -0.39 is 0 Å². The first-order chi connectivity index (χ1) is 14.6. The second-order valence-corrected chi connectivity index (χ2v) is 7.80. The lowest BCUT2D eigenvalue weighted by Gasteiger charge is -2.34. The maximum absolute atomic E-state index is 12.6. The van der Waals surface area contributed by atoms with Crippen molar-refractivity contribution in [3.05, 3.63) is 70.5 Å². The van der Waals surface area contributed by atoms with Crippen LogP contribution in [-0.2, 0) is 11.3 Å². The molecule has 1 amide bonds. The van der Waals surface area contributed by atoms with Crippen LogP contribution < -0.4 is 16.6 Å². The molecule has 2 aromatic carbocycles. The van der Waals surface area contributed by atoms with Gasteiger partial charge in [0.2, 0.25) is 5.91 Å². The molecule has 0 bridgehead atoms. The third-order valence-corrected chi connectivity index (χ3v) is 5.80. The van der Waals surface area contributed by atoms with Crippen LogP contribution in [0.3, 0.4) is 0 Å². The van der Waals surface area contributed by atoms with Crippen molar-refractivity contribution in [3.8, 4) is 11.3 Å². The maximum Gasteiger partial charge on any atom is 0.257 e. The molecule has 2 aromatic heterocycles. The molecule has 0 spiro atoms. The first-order valence-corrected chi connectivity index (χ1v) is 10.1. The van der Waals surface area contributed by atoms with Crippen molar-refractivity contribution in [1.82, 2.24) is 20.2 Å². The second kappa shape index (κ2) is 7.44. The summed E-state index contributed by atoms with van der Waals surface area (Å²) in [6.45, 7) is 2.85. The third kappa shape index (κ3) is 3.38. The summed E-state index contributed by atoms with van der Waals surface area (Å²) in [5.74, 6) is -0.303. The summed E-state index contributed by atoms with van der Waals surface area (Å²) in [6, 6.07) is 17.5. The lowest BCUT2D eigenvalue weighted by molar-refractivity contribution is -0.124. The van der Waals surface area contributed by atoms with Gasteiger partial charge >= 0.3 is 0 Å². The Morgan fingerprint density at radius 1 is 1.03 bits per heavy atom. The van der Waals surface area contributed by atoms with E-state index >= 15 is 0 Å². The van der Waals surface area contributed by atoms with Gasteiger partial charge in [-0.05, 0) is 41.3 Å². The van der Waals surface area contributed by atoms with E-state index in [2.05, 4.69) is 26.3 Å². The smallest absolute Gasteiger partial charge is 0.257 e. The SMILES string of the molecule is NC(=O)C1CNCCN1Cc1ccc2[nH]c(-c3cc4ccccc4[nH]c3=O)cc2c1. The molecule has 1 aliphatic heterocycles. The van der Waals surface area contributed by atoms with Crippen LogP contribution in [0.15, 0.2) is 59.4 Å². The highest BCUT2D eigenvalue weighted by Gasteiger charge is 2.26. The number of carbonyl (C=O) groups is 1. The number of nitrogens with one attached hydrogen (secondary N) is 3. The number of primary amides is 1. The number of hydrogen-bond donors (Lipinski definition) is 4. The van der Waals surface area contributed by atoms with Crippen LogP contribution in [0.4, 0.5) is 0 Å². The third-order valence-electron chi connectivity index (χ3n) is 5.80. The van der Waals surface area contributed by atoms with Gasteiger partial charge in [-0.3, -0.25) is 14.5 Å². The Bertz CT molecular complexity index is 1310. The average molecular weight is 401 g/mol. The Morgan fingerprint density at radius 2 is 1.87 bits per heavy atom. The van der Waals surface area contributed by atoms with Gasteiger partial charge < -0.3 is 21.0 Å². The number of piperazine rings is 1. The number of pyridine rings is 1. The molecular formula is C23H23N5O2. The Morgan fingerprint density at radius 3 is 2.73 bits per heavy atom. The molecule has 152 valence electrons. The minimum atomic E-state index is -0.303. The number of hydrogen-bond acceptors (Lipinski definition) is 4. The topological polar surface area (TPSA) is 107 Å². The number of H-pyrrole nitrogens is 2. The van der Waals surface area contributed by atoms with E-state index in [1.54, 1.807) is 0 Å². The number of aromatic nitrogens is 2. The molecule has 0 saturated carbocycles. The summed E-state index contributed by atoms with van der Waals surface area (Å²) in [7, 11) is 0. The van der Waals surface area contributed by atoms with Crippen LogP contribution >= 0.6 is 0 Å². The van der Waals surface area contributed by atoms with E-state index in [0.29, 0.717) is 18.7 Å². The number of amides is 1. The van der Waals surface area contributed by atoms with Gasteiger partial charge in [0.25, 0.3) is 5.56 Å². The predicted octanol–water partition coefficient (Wildman–Crippen LogP) is 1.94. The number of para-hydroxylation sites is 1. The molecule has 1 saturated heterocycles. The van der Waals surface area contributed by atoms with Gasteiger partial charge in [-0.2, -0.15) is 0 Å². The molecule has 1 unspecified atom stereocenters. The van der Waals surface area contributed by atoms with Gasteiger partial charge in [0.1, 0.15) is 6.04 Å². The summed E-state index contributed by atoms with van der Waals surface area (Å²) in [6.07, 6.45) is 0. The zero-order chi connectivity index (χ0) is 20.7. The molecule has 1 fully saturated rings. The van der Waals surface area contributed by atoms with Crippen molar-refractivity contribution in [3.63, 3.8) is 0 Å². The first kappa shape index (κ1) is 18.6. The molecule has 5 N–H and O–H groups in total. The summed E-state index contributed by atoms with van der Waals surface area (Å²) in [5.41, 5.74) is 9.74. The highest BCUT2D eigenvalue weighted by atomic mass is 16.1. The molecule has 7 heteroatoms.